The van der Waals surface area contributed by atoms with Gasteiger partial charge < -0.3 is 20.5 Å². The van der Waals surface area contributed by atoms with Gasteiger partial charge in [0.1, 0.15) is 17.5 Å². The van der Waals surface area contributed by atoms with Gasteiger partial charge in [-0.15, -0.1) is 5.10 Å². The molecule has 3 N–H and O–H groups in total. The lowest BCUT2D eigenvalue weighted by molar-refractivity contribution is 0.174. The van der Waals surface area contributed by atoms with E-state index in [1.54, 1.807) is 30.3 Å². The molecule has 2 aromatic heterocycles. The third-order valence-electron chi connectivity index (χ3n) is 5.64. The van der Waals surface area contributed by atoms with Crippen molar-refractivity contribution in [3.8, 4) is 28.4 Å². The summed E-state index contributed by atoms with van der Waals surface area (Å²) in [6, 6.07) is 17.7. The zero-order valence-electron chi connectivity index (χ0n) is 18.2. The van der Waals surface area contributed by atoms with Crippen molar-refractivity contribution in [3.05, 3.63) is 83.9 Å². The Balaban J connectivity index is 1.45. The van der Waals surface area contributed by atoms with Crippen molar-refractivity contribution in [2.45, 2.75) is 6.54 Å². The maximum Gasteiger partial charge on any atom is 0.231 e. The minimum atomic E-state index is -0.466. The Morgan fingerprint density at radius 2 is 1.80 bits per heavy atom. The van der Waals surface area contributed by atoms with Crippen molar-refractivity contribution >= 4 is 22.8 Å². The highest BCUT2D eigenvalue weighted by molar-refractivity contribution is 5.99. The summed E-state index contributed by atoms with van der Waals surface area (Å²) in [6.45, 7) is 0.562. The number of hydrogen-bond donors (Lipinski definition) is 2. The number of anilines is 2. The van der Waals surface area contributed by atoms with Crippen LogP contribution in [0.25, 0.3) is 28.0 Å². The first-order valence-electron chi connectivity index (χ1n) is 10.8. The van der Waals surface area contributed by atoms with Crippen molar-refractivity contribution in [2.75, 3.05) is 17.8 Å². The molecule has 0 radical (unpaired) electrons. The SMILES string of the molecule is Nc1c2c(-c3ccccc3F)nc(NCc3ccc4c(c3)OCO4)nc2nn1-c1cccc(F)c1. The minimum Gasteiger partial charge on any atom is -0.454 e. The van der Waals surface area contributed by atoms with Gasteiger partial charge >= 0.3 is 0 Å². The molecular formula is C25H18F2N6O2. The molecule has 1 aliphatic rings. The van der Waals surface area contributed by atoms with Gasteiger partial charge in [0.25, 0.3) is 0 Å². The Hall–Kier alpha value is -4.73. The Kier molecular flexibility index (Phi) is 4.91. The van der Waals surface area contributed by atoms with E-state index >= 15 is 0 Å². The van der Waals surface area contributed by atoms with Gasteiger partial charge in [0.2, 0.25) is 12.7 Å². The van der Waals surface area contributed by atoms with Gasteiger partial charge in [-0.25, -0.2) is 18.4 Å². The summed E-state index contributed by atoms with van der Waals surface area (Å²) in [5.41, 5.74) is 8.50. The lowest BCUT2D eigenvalue weighted by Crippen LogP contribution is -2.05. The fourth-order valence-electron chi connectivity index (χ4n) is 3.98. The Labute approximate surface area is 198 Å². The van der Waals surface area contributed by atoms with E-state index in [9.17, 15) is 8.78 Å². The fourth-order valence-corrected chi connectivity index (χ4v) is 3.98. The Bertz CT molecular complexity index is 1590. The minimum absolute atomic E-state index is 0.172. The van der Waals surface area contributed by atoms with Crippen molar-refractivity contribution < 1.29 is 18.3 Å². The second-order valence-corrected chi connectivity index (χ2v) is 7.89. The number of nitrogens with one attached hydrogen (secondary N) is 1. The zero-order chi connectivity index (χ0) is 23.9. The summed E-state index contributed by atoms with van der Waals surface area (Å²) in [4.78, 5) is 9.08. The first-order valence-corrected chi connectivity index (χ1v) is 10.8. The molecule has 0 bridgehead atoms. The molecule has 0 saturated heterocycles. The number of rotatable bonds is 5. The summed E-state index contributed by atoms with van der Waals surface area (Å²) in [6.07, 6.45) is 0. The largest absolute Gasteiger partial charge is 0.454 e. The predicted molar refractivity (Wildman–Crippen MR) is 126 cm³/mol. The van der Waals surface area contributed by atoms with Crippen LogP contribution in [0.3, 0.4) is 0 Å². The molecule has 0 amide bonds. The second kappa shape index (κ2) is 8.24. The van der Waals surface area contributed by atoms with Crippen LogP contribution >= 0.6 is 0 Å². The molecule has 0 fully saturated rings. The van der Waals surface area contributed by atoms with Crippen molar-refractivity contribution in [3.63, 3.8) is 0 Å². The van der Waals surface area contributed by atoms with Crippen molar-refractivity contribution in [1.82, 2.24) is 19.7 Å². The van der Waals surface area contributed by atoms with Gasteiger partial charge in [0.05, 0.1) is 16.8 Å². The molecule has 35 heavy (non-hydrogen) atoms. The molecule has 1 aliphatic heterocycles. The van der Waals surface area contributed by atoms with Gasteiger partial charge in [-0.1, -0.05) is 24.3 Å². The van der Waals surface area contributed by atoms with Crippen LogP contribution in [0.2, 0.25) is 0 Å². The summed E-state index contributed by atoms with van der Waals surface area (Å²) in [7, 11) is 0. The standard InChI is InChI=1S/C25H18F2N6O2/c26-15-4-3-5-16(11-15)33-23(28)21-22(17-6-1-2-7-18(17)27)30-25(31-24(21)32-33)29-12-14-8-9-19-20(10-14)35-13-34-19/h1-11H,12-13,28H2,(H,29,31,32). The Morgan fingerprint density at radius 3 is 2.66 bits per heavy atom. The molecule has 10 heteroatoms. The molecule has 0 unspecified atom stereocenters. The number of nitrogens with zero attached hydrogens (tertiary/aromatic N) is 4. The van der Waals surface area contributed by atoms with Crippen LogP contribution in [0.5, 0.6) is 11.5 Å². The van der Waals surface area contributed by atoms with Crippen LogP contribution in [0.4, 0.5) is 20.5 Å². The molecule has 8 nitrogen and oxygen atoms in total. The second-order valence-electron chi connectivity index (χ2n) is 7.89. The summed E-state index contributed by atoms with van der Waals surface area (Å²) in [5.74, 6) is 0.851. The average Bonchev–Trinajstić information content (AvgIpc) is 3.46. The summed E-state index contributed by atoms with van der Waals surface area (Å²) in [5, 5.41) is 8.01. The van der Waals surface area contributed by atoms with Gasteiger partial charge in [-0.2, -0.15) is 4.98 Å². The molecule has 0 aliphatic carbocycles. The number of nitrogens with two attached hydrogens (primary N) is 1. The van der Waals surface area contributed by atoms with E-state index in [0.717, 1.165) is 5.56 Å². The van der Waals surface area contributed by atoms with E-state index in [1.807, 2.05) is 18.2 Å². The molecule has 0 atom stereocenters. The molecule has 3 aromatic carbocycles. The quantitative estimate of drug-likeness (QED) is 0.383. The Morgan fingerprint density at radius 1 is 0.943 bits per heavy atom. The van der Waals surface area contributed by atoms with Crippen molar-refractivity contribution in [2.24, 2.45) is 0 Å². The third-order valence-corrected chi connectivity index (χ3v) is 5.64. The van der Waals surface area contributed by atoms with Crippen LogP contribution in [0.1, 0.15) is 5.56 Å². The van der Waals surface area contributed by atoms with Gasteiger partial charge in [0, 0.05) is 12.1 Å². The topological polar surface area (TPSA) is 100 Å². The smallest absolute Gasteiger partial charge is 0.231 e. The molecule has 5 aromatic rings. The van der Waals surface area contributed by atoms with E-state index < -0.39 is 11.6 Å². The van der Waals surface area contributed by atoms with Crippen LogP contribution in [0.15, 0.2) is 66.7 Å². The van der Waals surface area contributed by atoms with E-state index in [2.05, 4.69) is 20.4 Å². The van der Waals surface area contributed by atoms with E-state index in [4.69, 9.17) is 15.2 Å². The number of ether oxygens (including phenoxy) is 2. The third kappa shape index (κ3) is 3.74. The average molecular weight is 472 g/mol. The fraction of sp³-hybridized carbons (Fsp3) is 0.0800. The predicted octanol–water partition coefficient (Wildman–Crippen LogP) is 4.68. The molecule has 6 rings (SSSR count). The first-order chi connectivity index (χ1) is 17.1. The number of halogens is 2. The van der Waals surface area contributed by atoms with Crippen LogP contribution in [-0.2, 0) is 6.54 Å². The molecule has 0 spiro atoms. The van der Waals surface area contributed by atoms with Crippen molar-refractivity contribution in [1.29, 1.82) is 0 Å². The lowest BCUT2D eigenvalue weighted by Gasteiger charge is -2.10. The maximum atomic E-state index is 14.8. The highest BCUT2D eigenvalue weighted by Crippen LogP contribution is 2.35. The molecule has 0 saturated carbocycles. The van der Waals surface area contributed by atoms with Crippen LogP contribution < -0.4 is 20.5 Å². The number of fused-ring (bicyclic) bond motifs is 2. The number of nitrogen functional groups attached to an aromatic ring is 1. The zero-order valence-corrected chi connectivity index (χ0v) is 18.2. The number of benzene rings is 3. The summed E-state index contributed by atoms with van der Waals surface area (Å²) >= 11 is 0. The normalized spacial score (nSPS) is 12.3. The number of hydrogen-bond acceptors (Lipinski definition) is 7. The molecular weight excluding hydrogens is 454 g/mol. The maximum absolute atomic E-state index is 14.8. The van der Waals surface area contributed by atoms with E-state index in [0.29, 0.717) is 29.1 Å². The van der Waals surface area contributed by atoms with Crippen LogP contribution in [-0.4, -0.2) is 26.5 Å². The monoisotopic (exact) mass is 472 g/mol. The van der Waals surface area contributed by atoms with Gasteiger partial charge in [-0.05, 0) is 48.0 Å². The lowest BCUT2D eigenvalue weighted by atomic mass is 10.1. The number of aromatic nitrogens is 4. The molecule has 174 valence electrons. The summed E-state index contributed by atoms with van der Waals surface area (Å²) < 4.78 is 40.8. The highest BCUT2D eigenvalue weighted by Gasteiger charge is 2.21. The first kappa shape index (κ1) is 20.8. The van der Waals surface area contributed by atoms with Crippen LogP contribution in [0, 0.1) is 11.6 Å². The molecule has 3 heterocycles. The van der Waals surface area contributed by atoms with Gasteiger partial charge in [-0.3, -0.25) is 0 Å². The highest BCUT2D eigenvalue weighted by atomic mass is 19.1. The van der Waals surface area contributed by atoms with E-state index in [1.165, 1.54) is 22.9 Å². The van der Waals surface area contributed by atoms with Gasteiger partial charge in [0.15, 0.2) is 17.1 Å². The van der Waals surface area contributed by atoms with E-state index in [-0.39, 0.29) is 35.5 Å².